The molecule has 0 bridgehead atoms. The van der Waals surface area contributed by atoms with E-state index in [0.717, 1.165) is 18.2 Å². The number of aliphatic carboxylic acids is 3. The number of carboxylic acids is 3. The Labute approximate surface area is 130 Å². The number of aliphatic hydroxyl groups excluding tert-OH is 1. The van der Waals surface area contributed by atoms with Crippen LogP contribution in [-0.4, -0.2) is 29.6 Å². The summed E-state index contributed by atoms with van der Waals surface area (Å²) in [7, 11) is 0. The van der Waals surface area contributed by atoms with E-state index >= 15 is 0 Å². The quantitative estimate of drug-likeness (QED) is 0.527. The van der Waals surface area contributed by atoms with Gasteiger partial charge >= 0.3 is 26.2 Å². The number of carbonyl (C=O) groups excluding carboxylic acids is 3. The molecule has 0 aliphatic rings. The van der Waals surface area contributed by atoms with Gasteiger partial charge in [-0.15, -0.1) is 0 Å². The minimum absolute atomic E-state index is 0. The Balaban J connectivity index is -0.0000000458. The molecule has 8 heteroatoms. The number of hydrogen-bond donors (Lipinski definition) is 1. The van der Waals surface area contributed by atoms with Crippen molar-refractivity contribution in [3.8, 4) is 0 Å². The SMILES string of the molecule is C=CC(=O)[O-].C=CC(=O)[O-].C=CC(=O)[O-].CCO.[Zr+3]. The maximum absolute atomic E-state index is 9.14. The molecule has 19 heavy (non-hydrogen) atoms. The van der Waals surface area contributed by atoms with E-state index < -0.39 is 17.9 Å². The zero-order valence-electron chi connectivity index (χ0n) is 10.5. The molecule has 0 spiro atoms. The molecule has 1 radical (unpaired) electrons. The van der Waals surface area contributed by atoms with Gasteiger partial charge in [0.25, 0.3) is 0 Å². The third-order valence-corrected chi connectivity index (χ3v) is 0.500. The number of carboxylic acid groups (broad SMARTS) is 3. The van der Waals surface area contributed by atoms with E-state index in [0.29, 0.717) is 0 Å². The molecule has 7 nitrogen and oxygen atoms in total. The fraction of sp³-hybridized carbons (Fsp3) is 0.182. The molecular weight excluding hydrogens is 335 g/mol. The maximum Gasteiger partial charge on any atom is 3.00 e. The largest absolute Gasteiger partial charge is 3.00 e. The third-order valence-electron chi connectivity index (χ3n) is 0.500. The second-order valence-electron chi connectivity index (χ2n) is 1.89. The minimum Gasteiger partial charge on any atom is -0.545 e. The van der Waals surface area contributed by atoms with Crippen molar-refractivity contribution in [2.75, 3.05) is 6.61 Å². The Morgan fingerprint density at radius 1 is 0.895 bits per heavy atom. The monoisotopic (exact) mass is 349 g/mol. The van der Waals surface area contributed by atoms with E-state index in [4.69, 9.17) is 34.8 Å². The Bertz CT molecular complexity index is 231. The van der Waals surface area contributed by atoms with Crippen molar-refractivity contribution in [3.63, 3.8) is 0 Å². The van der Waals surface area contributed by atoms with Crippen LogP contribution in [0.4, 0.5) is 0 Å². The van der Waals surface area contributed by atoms with Crippen molar-refractivity contribution in [3.05, 3.63) is 38.0 Å². The van der Waals surface area contributed by atoms with Gasteiger partial charge in [0.15, 0.2) is 0 Å². The van der Waals surface area contributed by atoms with Crippen LogP contribution >= 0.6 is 0 Å². The molecule has 0 aromatic heterocycles. The van der Waals surface area contributed by atoms with Crippen LogP contribution in [0.15, 0.2) is 38.0 Å². The average Bonchev–Trinajstić information content (AvgIpc) is 2.31. The molecule has 0 fully saturated rings. The smallest absolute Gasteiger partial charge is 0.545 e. The molecule has 0 unspecified atom stereocenters. The first-order chi connectivity index (χ1) is 8.22. The van der Waals surface area contributed by atoms with Gasteiger partial charge in [-0.25, -0.2) is 0 Å². The molecule has 0 saturated carbocycles. The van der Waals surface area contributed by atoms with Gasteiger partial charge in [-0.05, 0) is 25.2 Å². The first kappa shape index (κ1) is 30.5. The summed E-state index contributed by atoms with van der Waals surface area (Å²) in [5.41, 5.74) is 0. The Morgan fingerprint density at radius 3 is 0.947 bits per heavy atom. The Hall–Kier alpha value is -1.53. The summed E-state index contributed by atoms with van der Waals surface area (Å²) in [6.45, 7) is 10.6. The molecule has 105 valence electrons. The van der Waals surface area contributed by atoms with Gasteiger partial charge in [0, 0.05) is 6.61 Å². The van der Waals surface area contributed by atoms with Gasteiger partial charge < -0.3 is 34.8 Å². The number of rotatable bonds is 3. The second-order valence-corrected chi connectivity index (χ2v) is 1.89. The van der Waals surface area contributed by atoms with Crippen LogP contribution in [-0.2, 0) is 40.6 Å². The van der Waals surface area contributed by atoms with E-state index in [2.05, 4.69) is 19.7 Å². The first-order valence-electron chi connectivity index (χ1n) is 4.34. The van der Waals surface area contributed by atoms with E-state index in [-0.39, 0.29) is 32.8 Å². The molecule has 0 saturated heterocycles. The van der Waals surface area contributed by atoms with Crippen molar-refractivity contribution >= 4 is 17.9 Å². The molecule has 0 aliphatic carbocycles. The zero-order valence-corrected chi connectivity index (χ0v) is 12.9. The molecular formula is C11H15O7Zr. The summed E-state index contributed by atoms with van der Waals surface area (Å²) in [5, 5.41) is 35.0. The predicted octanol–water partition coefficient (Wildman–Crippen LogP) is -3.24. The minimum atomic E-state index is -1.23. The molecule has 0 heterocycles. The van der Waals surface area contributed by atoms with Crippen LogP contribution < -0.4 is 15.3 Å². The summed E-state index contributed by atoms with van der Waals surface area (Å²) >= 11 is 0. The fourth-order valence-electron chi connectivity index (χ4n) is 0. The van der Waals surface area contributed by atoms with Gasteiger partial charge in [0.1, 0.15) is 0 Å². The zero-order chi connectivity index (χ0) is 15.6. The molecule has 0 aromatic carbocycles. The van der Waals surface area contributed by atoms with Crippen LogP contribution in [0.25, 0.3) is 0 Å². The fourth-order valence-corrected chi connectivity index (χ4v) is 0. The van der Waals surface area contributed by atoms with E-state index in [1.807, 2.05) is 0 Å². The number of aliphatic hydroxyl groups is 1. The maximum atomic E-state index is 9.14. The van der Waals surface area contributed by atoms with E-state index in [1.54, 1.807) is 6.92 Å². The van der Waals surface area contributed by atoms with Crippen LogP contribution in [0.2, 0.25) is 0 Å². The number of carbonyl (C=O) groups is 3. The van der Waals surface area contributed by atoms with Crippen LogP contribution in [0, 0.1) is 0 Å². The Kier molecular flexibility index (Phi) is 48.1. The van der Waals surface area contributed by atoms with Crippen molar-refractivity contribution in [2.45, 2.75) is 6.92 Å². The summed E-state index contributed by atoms with van der Waals surface area (Å²) in [6.07, 6.45) is 2.17. The van der Waals surface area contributed by atoms with Crippen molar-refractivity contribution in [2.24, 2.45) is 0 Å². The standard InChI is InChI=1S/3C3H4O2.C2H6O.Zr/c3*1-2-3(4)5;1-2-3;/h3*2H,1H2,(H,4,5);3H,2H2,1H3;/q;;;;+3/p-3. The predicted molar refractivity (Wildman–Crippen MR) is 58.4 cm³/mol. The van der Waals surface area contributed by atoms with Crippen LogP contribution in [0.3, 0.4) is 0 Å². The van der Waals surface area contributed by atoms with Gasteiger partial charge in [-0.2, -0.15) is 0 Å². The van der Waals surface area contributed by atoms with E-state index in [9.17, 15) is 0 Å². The van der Waals surface area contributed by atoms with Gasteiger partial charge in [-0.3, -0.25) is 0 Å². The van der Waals surface area contributed by atoms with Gasteiger partial charge in [0.05, 0.1) is 17.9 Å². The first-order valence-corrected chi connectivity index (χ1v) is 4.34. The molecule has 1 N–H and O–H groups in total. The molecule has 0 atom stereocenters. The summed E-state index contributed by atoms with van der Waals surface area (Å²) < 4.78 is 0. The summed E-state index contributed by atoms with van der Waals surface area (Å²) in [4.78, 5) is 27.4. The summed E-state index contributed by atoms with van der Waals surface area (Å²) in [5.74, 6) is -3.69. The van der Waals surface area contributed by atoms with Crippen LogP contribution in [0.5, 0.6) is 0 Å². The van der Waals surface area contributed by atoms with Gasteiger partial charge in [0.2, 0.25) is 0 Å². The molecule has 0 aromatic rings. The van der Waals surface area contributed by atoms with Gasteiger partial charge in [-0.1, -0.05) is 19.7 Å². The van der Waals surface area contributed by atoms with Crippen molar-refractivity contribution < 1.29 is 61.0 Å². The van der Waals surface area contributed by atoms with E-state index in [1.165, 1.54) is 0 Å². The van der Waals surface area contributed by atoms with Crippen LogP contribution in [0.1, 0.15) is 6.92 Å². The van der Waals surface area contributed by atoms with Crippen molar-refractivity contribution in [1.82, 2.24) is 0 Å². The molecule has 0 amide bonds. The topological polar surface area (TPSA) is 141 Å². The summed E-state index contributed by atoms with van der Waals surface area (Å²) in [6, 6.07) is 0. The normalized spacial score (nSPS) is 6.00. The van der Waals surface area contributed by atoms with Crippen molar-refractivity contribution in [1.29, 1.82) is 0 Å². The number of hydrogen-bond acceptors (Lipinski definition) is 7. The average molecular weight is 350 g/mol. The Morgan fingerprint density at radius 2 is 0.947 bits per heavy atom. The second kappa shape index (κ2) is 30.0. The molecule has 0 rings (SSSR count). The molecule has 0 aliphatic heterocycles. The third kappa shape index (κ3) is 172.